The molecule has 3 aliphatic rings. The molecular weight excluding hydrogens is 442 g/mol. The minimum absolute atomic E-state index is 0.156. The van der Waals surface area contributed by atoms with Gasteiger partial charge in [-0.15, -0.1) is 0 Å². The number of aliphatic hydroxyl groups is 1. The van der Waals surface area contributed by atoms with Crippen LogP contribution in [0.1, 0.15) is 44.6 Å². The van der Waals surface area contributed by atoms with E-state index in [2.05, 4.69) is 37.8 Å². The molecule has 0 spiro atoms. The molecule has 8 heteroatoms. The largest absolute Gasteiger partial charge is 0.491 e. The fourth-order valence-corrected chi connectivity index (χ4v) is 5.91. The summed E-state index contributed by atoms with van der Waals surface area (Å²) in [5, 5.41) is 10.7. The lowest BCUT2D eigenvalue weighted by atomic mass is 9.79. The quantitative estimate of drug-likeness (QED) is 0.536. The van der Waals surface area contributed by atoms with E-state index in [1.54, 1.807) is 6.33 Å². The number of aromatic nitrogens is 3. The normalized spacial score (nSPS) is 27.2. The van der Waals surface area contributed by atoms with E-state index in [0.717, 1.165) is 86.3 Å². The van der Waals surface area contributed by atoms with Crippen LogP contribution in [0.5, 0.6) is 5.75 Å². The molecule has 2 atom stereocenters. The Bertz CT molecular complexity index is 1170. The number of β-amino-alcohol motifs (C(OH)–C–C–N with tert-alkyl or cyclic N) is 1. The number of fused-ring (bicyclic) bond motifs is 1. The zero-order valence-corrected chi connectivity index (χ0v) is 20.2. The summed E-state index contributed by atoms with van der Waals surface area (Å²) in [5.74, 6) is 2.00. The molecule has 6 rings (SSSR count). The van der Waals surface area contributed by atoms with E-state index in [-0.39, 0.29) is 12.2 Å². The fraction of sp³-hybridized carbons (Fsp3) is 0.556. The predicted octanol–water partition coefficient (Wildman–Crippen LogP) is 3.65. The molecule has 4 heterocycles. The van der Waals surface area contributed by atoms with E-state index in [1.807, 2.05) is 12.1 Å². The summed E-state index contributed by atoms with van der Waals surface area (Å²) in [6.45, 7) is 4.30. The average molecular weight is 478 g/mol. The van der Waals surface area contributed by atoms with Crippen LogP contribution in [0.15, 0.2) is 36.8 Å². The highest BCUT2D eigenvalue weighted by atomic mass is 16.5. The third-order valence-corrected chi connectivity index (χ3v) is 7.86. The van der Waals surface area contributed by atoms with Gasteiger partial charge in [-0.05, 0) is 62.1 Å². The topological polar surface area (TPSA) is 98.7 Å². The van der Waals surface area contributed by atoms with Gasteiger partial charge >= 0.3 is 0 Å². The third-order valence-electron chi connectivity index (χ3n) is 7.86. The number of nitrogen functional groups attached to an aromatic ring is 1. The van der Waals surface area contributed by atoms with E-state index < -0.39 is 0 Å². The lowest BCUT2D eigenvalue weighted by Crippen LogP contribution is -2.36. The maximum atomic E-state index is 9.82. The van der Waals surface area contributed by atoms with Crippen molar-refractivity contribution in [2.75, 3.05) is 38.6 Å². The van der Waals surface area contributed by atoms with Crippen molar-refractivity contribution in [3.05, 3.63) is 36.8 Å². The second-order valence-corrected chi connectivity index (χ2v) is 10.4. The summed E-state index contributed by atoms with van der Waals surface area (Å²) in [4.78, 5) is 11.3. The van der Waals surface area contributed by atoms with Gasteiger partial charge in [-0.3, -0.25) is 0 Å². The molecular formula is C27H35N5O3. The number of hydrogen-bond acceptors (Lipinski definition) is 7. The highest BCUT2D eigenvalue weighted by Crippen LogP contribution is 2.43. The monoisotopic (exact) mass is 477 g/mol. The van der Waals surface area contributed by atoms with Gasteiger partial charge in [0.1, 0.15) is 30.1 Å². The van der Waals surface area contributed by atoms with Crippen LogP contribution in [0.4, 0.5) is 5.82 Å². The number of aliphatic hydroxyl groups excluding tert-OH is 1. The van der Waals surface area contributed by atoms with Crippen LogP contribution in [-0.2, 0) is 4.74 Å². The Morgan fingerprint density at radius 3 is 2.89 bits per heavy atom. The lowest BCUT2D eigenvalue weighted by Gasteiger charge is -2.38. The van der Waals surface area contributed by atoms with Gasteiger partial charge in [-0.2, -0.15) is 0 Å². The van der Waals surface area contributed by atoms with E-state index in [9.17, 15) is 5.11 Å². The van der Waals surface area contributed by atoms with Crippen molar-refractivity contribution in [3.8, 4) is 16.9 Å². The number of rotatable bonds is 7. The van der Waals surface area contributed by atoms with E-state index in [4.69, 9.17) is 15.2 Å². The maximum Gasteiger partial charge on any atom is 0.146 e. The lowest BCUT2D eigenvalue weighted by molar-refractivity contribution is -0.0110. The van der Waals surface area contributed by atoms with E-state index >= 15 is 0 Å². The molecule has 2 saturated heterocycles. The molecule has 2 aromatic heterocycles. The van der Waals surface area contributed by atoms with Crippen LogP contribution in [0.3, 0.4) is 0 Å². The Kier molecular flexibility index (Phi) is 6.35. The van der Waals surface area contributed by atoms with Crippen molar-refractivity contribution in [2.45, 2.75) is 56.8 Å². The Balaban J connectivity index is 1.21. The molecule has 35 heavy (non-hydrogen) atoms. The number of ether oxygens (including phenoxy) is 2. The SMILES string of the molecule is Nc1ncnc2c1c(-c1cccc(OC[C@H]3CCCCO3)c1)cn2C1CC(CN2CCC(O)C2)C1. The first kappa shape index (κ1) is 22.8. The van der Waals surface area contributed by atoms with Gasteiger partial charge in [0.05, 0.1) is 17.6 Å². The number of hydrogen-bond donors (Lipinski definition) is 2. The smallest absolute Gasteiger partial charge is 0.146 e. The van der Waals surface area contributed by atoms with Crippen molar-refractivity contribution in [2.24, 2.45) is 5.92 Å². The molecule has 0 bridgehead atoms. The summed E-state index contributed by atoms with van der Waals surface area (Å²) in [7, 11) is 0. The summed E-state index contributed by atoms with van der Waals surface area (Å²) < 4.78 is 14.2. The Hall–Kier alpha value is -2.68. The molecule has 8 nitrogen and oxygen atoms in total. The first-order valence-corrected chi connectivity index (χ1v) is 13.0. The zero-order chi connectivity index (χ0) is 23.8. The van der Waals surface area contributed by atoms with Crippen molar-refractivity contribution in [3.63, 3.8) is 0 Å². The van der Waals surface area contributed by atoms with Gasteiger partial charge in [-0.1, -0.05) is 12.1 Å². The number of likely N-dealkylation sites (tertiary alicyclic amines) is 1. The average Bonchev–Trinajstić information content (AvgIpc) is 3.45. The number of anilines is 1. The summed E-state index contributed by atoms with van der Waals surface area (Å²) in [6.07, 6.45) is 10.3. The molecule has 3 aromatic rings. The Morgan fingerprint density at radius 1 is 1.17 bits per heavy atom. The highest BCUT2D eigenvalue weighted by Gasteiger charge is 2.35. The summed E-state index contributed by atoms with van der Waals surface area (Å²) >= 11 is 0. The zero-order valence-electron chi connectivity index (χ0n) is 20.2. The van der Waals surface area contributed by atoms with Crippen molar-refractivity contribution in [1.29, 1.82) is 0 Å². The number of nitrogens with zero attached hydrogens (tertiary/aromatic N) is 4. The molecule has 1 aromatic carbocycles. The van der Waals surface area contributed by atoms with Crippen LogP contribution in [0, 0.1) is 5.92 Å². The summed E-state index contributed by atoms with van der Waals surface area (Å²) in [5.41, 5.74) is 9.37. The van der Waals surface area contributed by atoms with Gasteiger partial charge in [0.15, 0.2) is 0 Å². The maximum absolute atomic E-state index is 9.82. The van der Waals surface area contributed by atoms with Gasteiger partial charge in [0.25, 0.3) is 0 Å². The predicted molar refractivity (Wildman–Crippen MR) is 135 cm³/mol. The van der Waals surface area contributed by atoms with E-state index in [0.29, 0.717) is 24.4 Å². The van der Waals surface area contributed by atoms with Gasteiger partial charge in [0.2, 0.25) is 0 Å². The summed E-state index contributed by atoms with van der Waals surface area (Å²) in [6, 6.07) is 8.60. The molecule has 0 radical (unpaired) electrons. The van der Waals surface area contributed by atoms with Crippen molar-refractivity contribution >= 4 is 16.9 Å². The van der Waals surface area contributed by atoms with Crippen LogP contribution in [-0.4, -0.2) is 69.6 Å². The molecule has 3 fully saturated rings. The second kappa shape index (κ2) is 9.76. The second-order valence-electron chi connectivity index (χ2n) is 10.4. The first-order chi connectivity index (χ1) is 17.1. The molecule has 1 unspecified atom stereocenters. The van der Waals surface area contributed by atoms with Gasteiger partial charge in [-0.25, -0.2) is 9.97 Å². The molecule has 1 aliphatic carbocycles. The molecule has 3 N–H and O–H groups in total. The first-order valence-electron chi connectivity index (χ1n) is 13.0. The Labute approximate surface area is 206 Å². The number of nitrogens with two attached hydrogens (primary N) is 1. The standard InChI is InChI=1S/C27H35N5O3/c28-26-25-24(19-4-3-6-22(12-19)35-16-23-5-1-2-9-34-23)15-32(27(25)30-17-29-26)20-10-18(11-20)13-31-8-7-21(33)14-31/h3-4,6,12,15,17-18,20-21,23,33H,1-2,5,7-11,13-14,16H2,(H2,28,29,30)/t18?,20?,21?,23-/m1/s1. The molecule has 0 amide bonds. The fourth-order valence-electron chi connectivity index (χ4n) is 5.91. The van der Waals surface area contributed by atoms with Crippen LogP contribution < -0.4 is 10.5 Å². The van der Waals surface area contributed by atoms with E-state index in [1.165, 1.54) is 6.42 Å². The molecule has 186 valence electrons. The number of benzene rings is 1. The molecule has 2 aliphatic heterocycles. The van der Waals surface area contributed by atoms with Crippen LogP contribution in [0.2, 0.25) is 0 Å². The van der Waals surface area contributed by atoms with Gasteiger partial charge < -0.3 is 29.8 Å². The van der Waals surface area contributed by atoms with Crippen LogP contribution >= 0.6 is 0 Å². The third kappa shape index (κ3) is 4.75. The van der Waals surface area contributed by atoms with Crippen LogP contribution in [0.25, 0.3) is 22.2 Å². The highest BCUT2D eigenvalue weighted by molar-refractivity contribution is 6.00. The van der Waals surface area contributed by atoms with Crippen molar-refractivity contribution in [1.82, 2.24) is 19.4 Å². The molecule has 1 saturated carbocycles. The Morgan fingerprint density at radius 2 is 2.09 bits per heavy atom. The minimum atomic E-state index is -0.156. The van der Waals surface area contributed by atoms with Crippen molar-refractivity contribution < 1.29 is 14.6 Å². The van der Waals surface area contributed by atoms with Gasteiger partial charge in [0, 0.05) is 44.0 Å². The minimum Gasteiger partial charge on any atom is -0.491 e.